The van der Waals surface area contributed by atoms with Gasteiger partial charge in [0.05, 0.1) is 5.69 Å². The summed E-state index contributed by atoms with van der Waals surface area (Å²) in [6.07, 6.45) is 0.616. The van der Waals surface area contributed by atoms with Crippen molar-refractivity contribution in [3.05, 3.63) is 40.5 Å². The molecule has 0 bridgehead atoms. The number of halogens is 1. The summed E-state index contributed by atoms with van der Waals surface area (Å²) in [5.74, 6) is -0.585. The second-order valence-electron chi connectivity index (χ2n) is 6.05. The number of amides is 1. The van der Waals surface area contributed by atoms with Gasteiger partial charge in [0.25, 0.3) is 0 Å². The number of hydrogen-bond donors (Lipinski definition) is 1. The first kappa shape index (κ1) is 17.6. The van der Waals surface area contributed by atoms with Gasteiger partial charge in [-0.3, -0.25) is 4.79 Å². The van der Waals surface area contributed by atoms with Crippen LogP contribution in [0.25, 0.3) is 0 Å². The molecule has 2 heterocycles. The Labute approximate surface area is 144 Å². The van der Waals surface area contributed by atoms with E-state index >= 15 is 0 Å². The molecule has 0 aliphatic carbocycles. The van der Waals surface area contributed by atoms with Crippen LogP contribution in [0.1, 0.15) is 29.0 Å². The van der Waals surface area contributed by atoms with Crippen molar-refractivity contribution in [3.8, 4) is 0 Å². The number of carbonyl (C=O) groups is 1. The van der Waals surface area contributed by atoms with Crippen LogP contribution in [0, 0.1) is 19.7 Å². The van der Waals surface area contributed by atoms with Crippen LogP contribution >= 0.6 is 0 Å². The largest absolute Gasteiger partial charge is 0.361 e. The second-order valence-corrected chi connectivity index (χ2v) is 8.07. The highest BCUT2D eigenvalue weighted by atomic mass is 32.2. The molecule has 134 valence electrons. The Morgan fingerprint density at radius 3 is 2.68 bits per heavy atom. The molecule has 25 heavy (non-hydrogen) atoms. The Morgan fingerprint density at radius 1 is 1.32 bits per heavy atom. The quantitative estimate of drug-likeness (QED) is 0.894. The first-order valence-electron chi connectivity index (χ1n) is 7.70. The molecular weight excluding hydrogens is 349 g/mol. The molecule has 0 atom stereocenters. The molecule has 1 aromatic heterocycles. The normalized spacial score (nSPS) is 14.5. The summed E-state index contributed by atoms with van der Waals surface area (Å²) in [7, 11) is -2.67. The van der Waals surface area contributed by atoms with Crippen LogP contribution in [0.2, 0.25) is 0 Å². The molecule has 1 N–H and O–H groups in total. The minimum Gasteiger partial charge on any atom is -0.361 e. The number of sulfonamides is 1. The molecule has 0 fully saturated rings. The fraction of sp³-hybridized carbons (Fsp3) is 0.375. The molecule has 1 amide bonds. The van der Waals surface area contributed by atoms with Crippen LogP contribution < -0.4 is 5.32 Å². The van der Waals surface area contributed by atoms with E-state index in [4.69, 9.17) is 4.52 Å². The average Bonchev–Trinajstić information content (AvgIpc) is 2.85. The summed E-state index contributed by atoms with van der Waals surface area (Å²) in [5.41, 5.74) is 2.16. The average molecular weight is 367 g/mol. The first-order chi connectivity index (χ1) is 11.7. The third kappa shape index (κ3) is 3.16. The van der Waals surface area contributed by atoms with E-state index in [-0.39, 0.29) is 18.9 Å². The fourth-order valence-corrected chi connectivity index (χ4v) is 4.01. The molecule has 1 aliphatic heterocycles. The van der Waals surface area contributed by atoms with Gasteiger partial charge < -0.3 is 9.84 Å². The maximum Gasteiger partial charge on any atom is 0.246 e. The fourth-order valence-electron chi connectivity index (χ4n) is 2.78. The summed E-state index contributed by atoms with van der Waals surface area (Å²) in [5, 5.41) is 6.35. The number of benzene rings is 1. The summed E-state index contributed by atoms with van der Waals surface area (Å²) >= 11 is 0. The van der Waals surface area contributed by atoms with Gasteiger partial charge in [-0.05, 0) is 38.0 Å². The topological polar surface area (TPSA) is 92.5 Å². The van der Waals surface area contributed by atoms with Crippen molar-refractivity contribution in [2.45, 2.75) is 38.1 Å². The number of nitrogens with zero attached hydrogens (tertiary/aromatic N) is 2. The second kappa shape index (κ2) is 6.23. The molecule has 3 rings (SSSR count). The first-order valence-corrected chi connectivity index (χ1v) is 9.14. The van der Waals surface area contributed by atoms with Crippen LogP contribution in [-0.2, 0) is 27.8 Å². The van der Waals surface area contributed by atoms with Gasteiger partial charge in [-0.1, -0.05) is 5.16 Å². The number of hydrogen-bond acceptors (Lipinski definition) is 5. The zero-order valence-corrected chi connectivity index (χ0v) is 14.9. The van der Waals surface area contributed by atoms with Gasteiger partial charge in [-0.15, -0.1) is 0 Å². The van der Waals surface area contributed by atoms with E-state index in [0.29, 0.717) is 34.7 Å². The van der Waals surface area contributed by atoms with Gasteiger partial charge >= 0.3 is 0 Å². The molecule has 0 unspecified atom stereocenters. The Hall–Kier alpha value is -2.26. The number of fused-ring (bicyclic) bond motifs is 1. The number of aromatic nitrogens is 1. The predicted octanol–water partition coefficient (Wildman–Crippen LogP) is 2.14. The van der Waals surface area contributed by atoms with Crippen molar-refractivity contribution in [1.29, 1.82) is 0 Å². The molecule has 1 aliphatic rings. The van der Waals surface area contributed by atoms with E-state index < -0.39 is 20.7 Å². The van der Waals surface area contributed by atoms with Crippen molar-refractivity contribution in [1.82, 2.24) is 9.46 Å². The van der Waals surface area contributed by atoms with Gasteiger partial charge in [-0.2, -0.15) is 4.31 Å². The number of aryl methyl sites for hydroxylation is 3. The van der Waals surface area contributed by atoms with Crippen LogP contribution in [0.5, 0.6) is 0 Å². The molecular formula is C16H18FN3O4S. The minimum atomic E-state index is -4.05. The van der Waals surface area contributed by atoms with Crippen LogP contribution in [-0.4, -0.2) is 30.8 Å². The van der Waals surface area contributed by atoms with E-state index in [9.17, 15) is 17.6 Å². The van der Waals surface area contributed by atoms with Crippen molar-refractivity contribution in [2.75, 3.05) is 12.4 Å². The van der Waals surface area contributed by atoms with E-state index in [2.05, 4.69) is 10.5 Å². The van der Waals surface area contributed by atoms with Gasteiger partial charge in [0.2, 0.25) is 15.9 Å². The third-order valence-electron chi connectivity index (χ3n) is 4.30. The van der Waals surface area contributed by atoms with Gasteiger partial charge in [0.15, 0.2) is 0 Å². The lowest BCUT2D eigenvalue weighted by Gasteiger charge is -2.21. The van der Waals surface area contributed by atoms with Crippen LogP contribution in [0.4, 0.5) is 10.1 Å². The van der Waals surface area contributed by atoms with E-state index in [1.165, 1.54) is 13.1 Å². The van der Waals surface area contributed by atoms with Gasteiger partial charge in [-0.25, -0.2) is 12.8 Å². The number of rotatable bonds is 4. The molecule has 0 spiro atoms. The molecule has 1 aromatic carbocycles. The minimum absolute atomic E-state index is 0.0246. The highest BCUT2D eigenvalue weighted by molar-refractivity contribution is 7.89. The maximum atomic E-state index is 14.4. The van der Waals surface area contributed by atoms with Crippen molar-refractivity contribution in [3.63, 3.8) is 0 Å². The zero-order valence-electron chi connectivity index (χ0n) is 14.1. The lowest BCUT2D eigenvalue weighted by Crippen LogP contribution is -2.28. The van der Waals surface area contributed by atoms with Crippen molar-refractivity contribution in [2.24, 2.45) is 0 Å². The lowest BCUT2D eigenvalue weighted by atomic mass is 10.0. The lowest BCUT2D eigenvalue weighted by molar-refractivity contribution is -0.116. The predicted molar refractivity (Wildman–Crippen MR) is 88.0 cm³/mol. The maximum absolute atomic E-state index is 14.4. The van der Waals surface area contributed by atoms with E-state index in [0.717, 1.165) is 10.4 Å². The van der Waals surface area contributed by atoms with Gasteiger partial charge in [0.1, 0.15) is 16.5 Å². The van der Waals surface area contributed by atoms with Crippen LogP contribution in [0.3, 0.4) is 0 Å². The Kier molecular flexibility index (Phi) is 4.38. The zero-order chi connectivity index (χ0) is 18.4. The smallest absolute Gasteiger partial charge is 0.246 e. The summed E-state index contributed by atoms with van der Waals surface area (Å²) in [4.78, 5) is 11.0. The highest BCUT2D eigenvalue weighted by Gasteiger charge is 2.29. The van der Waals surface area contributed by atoms with E-state index in [1.54, 1.807) is 13.8 Å². The van der Waals surface area contributed by atoms with Crippen LogP contribution in [0.15, 0.2) is 21.6 Å². The van der Waals surface area contributed by atoms with Crippen molar-refractivity contribution >= 4 is 21.6 Å². The van der Waals surface area contributed by atoms with E-state index in [1.807, 2.05) is 0 Å². The summed E-state index contributed by atoms with van der Waals surface area (Å²) < 4.78 is 46.1. The van der Waals surface area contributed by atoms with Crippen molar-refractivity contribution < 1.29 is 22.1 Å². The number of anilines is 1. The molecule has 0 radical (unpaired) electrons. The standard InChI is InChI=1S/C16H18FN3O4S/c1-9-12(10(2)24-19-9)8-20(3)25(22,23)15-6-11-4-5-16(21)18-14(11)7-13(15)17/h6-7H,4-5,8H2,1-3H3,(H,18,21). The SMILES string of the molecule is Cc1noc(C)c1CN(C)S(=O)(=O)c1cc2c(cc1F)NC(=O)CC2. The van der Waals surface area contributed by atoms with Gasteiger partial charge in [0, 0.05) is 31.3 Å². The third-order valence-corrected chi connectivity index (χ3v) is 6.12. The summed E-state index contributed by atoms with van der Waals surface area (Å²) in [6.45, 7) is 3.43. The Balaban J connectivity index is 1.96. The molecule has 7 nitrogen and oxygen atoms in total. The number of nitrogens with one attached hydrogen (secondary N) is 1. The number of carbonyl (C=O) groups excluding carboxylic acids is 1. The molecule has 9 heteroatoms. The monoisotopic (exact) mass is 367 g/mol. The Bertz CT molecular complexity index is 933. The molecule has 2 aromatic rings. The Morgan fingerprint density at radius 2 is 2.04 bits per heavy atom. The summed E-state index contributed by atoms with van der Waals surface area (Å²) in [6, 6.07) is 2.35. The highest BCUT2D eigenvalue weighted by Crippen LogP contribution is 2.30. The molecule has 0 saturated carbocycles. The molecule has 0 saturated heterocycles.